The lowest BCUT2D eigenvalue weighted by molar-refractivity contribution is 0.170. The summed E-state index contributed by atoms with van der Waals surface area (Å²) in [7, 11) is 0. The van der Waals surface area contributed by atoms with Crippen molar-refractivity contribution in [3.8, 4) is 11.5 Å². The number of aryl methyl sites for hydroxylation is 1. The van der Waals surface area contributed by atoms with E-state index < -0.39 is 0 Å². The Morgan fingerprint density at radius 3 is 2.59 bits per heavy atom. The quantitative estimate of drug-likeness (QED) is 0.838. The van der Waals surface area contributed by atoms with Gasteiger partial charge in [0.15, 0.2) is 11.5 Å². The number of fused-ring (bicyclic) bond motifs is 1. The Morgan fingerprint density at radius 1 is 1.29 bits per heavy atom. The minimum absolute atomic E-state index is 0.266. The van der Waals surface area contributed by atoms with Gasteiger partial charge in [0.1, 0.15) is 19.0 Å². The van der Waals surface area contributed by atoms with E-state index in [1.54, 1.807) is 6.07 Å². The van der Waals surface area contributed by atoms with E-state index in [1.165, 1.54) is 6.07 Å². The number of ether oxygens (including phenoxy) is 2. The number of hydrogen-bond acceptors (Lipinski definition) is 3. The third-order valence-corrected chi connectivity index (χ3v) is 2.78. The van der Waals surface area contributed by atoms with E-state index in [2.05, 4.69) is 0 Å². The second-order valence-corrected chi connectivity index (χ2v) is 4.43. The minimum atomic E-state index is -0.266. The Balaban J connectivity index is 2.09. The van der Waals surface area contributed by atoms with Crippen LogP contribution in [0.15, 0.2) is 12.1 Å². The summed E-state index contributed by atoms with van der Waals surface area (Å²) in [6, 6.07) is 3.08. The molecule has 17 heavy (non-hydrogen) atoms. The van der Waals surface area contributed by atoms with Gasteiger partial charge in [-0.15, -0.1) is 0 Å². The fraction of sp³-hybridized carbons (Fsp3) is 0.417. The molecule has 1 heterocycles. The van der Waals surface area contributed by atoms with Gasteiger partial charge in [0.05, 0.1) is 4.99 Å². The molecule has 1 aromatic carbocycles. The Morgan fingerprint density at radius 2 is 1.94 bits per heavy atom. The molecular weight excluding hydrogens is 241 g/mol. The summed E-state index contributed by atoms with van der Waals surface area (Å²) in [6.07, 6.45) is 1.97. The molecule has 1 aromatic rings. The normalized spacial score (nSPS) is 13.5. The molecule has 0 spiro atoms. The lowest BCUT2D eigenvalue weighted by Gasteiger charge is -2.19. The maximum atomic E-state index is 13.7. The van der Waals surface area contributed by atoms with Crippen molar-refractivity contribution in [2.75, 3.05) is 13.2 Å². The first-order valence-corrected chi connectivity index (χ1v) is 5.94. The molecule has 0 bridgehead atoms. The van der Waals surface area contributed by atoms with Gasteiger partial charge < -0.3 is 15.2 Å². The van der Waals surface area contributed by atoms with Crippen LogP contribution in [0.1, 0.15) is 18.4 Å². The zero-order chi connectivity index (χ0) is 12.3. The average molecular weight is 255 g/mol. The largest absolute Gasteiger partial charge is 0.486 e. The van der Waals surface area contributed by atoms with Crippen molar-refractivity contribution < 1.29 is 13.9 Å². The fourth-order valence-corrected chi connectivity index (χ4v) is 1.90. The van der Waals surface area contributed by atoms with E-state index >= 15 is 0 Å². The molecule has 5 heteroatoms. The predicted octanol–water partition coefficient (Wildman–Crippen LogP) is 2.21. The van der Waals surface area contributed by atoms with Crippen LogP contribution in [-0.4, -0.2) is 18.2 Å². The first kappa shape index (κ1) is 12.1. The summed E-state index contributed by atoms with van der Waals surface area (Å²) in [4.78, 5) is 0.461. The highest BCUT2D eigenvalue weighted by atomic mass is 32.1. The van der Waals surface area contributed by atoms with Crippen molar-refractivity contribution in [1.29, 1.82) is 0 Å². The highest BCUT2D eigenvalue weighted by Gasteiger charge is 2.15. The van der Waals surface area contributed by atoms with Crippen molar-refractivity contribution in [2.45, 2.75) is 19.3 Å². The summed E-state index contributed by atoms with van der Waals surface area (Å²) >= 11 is 4.78. The van der Waals surface area contributed by atoms with Gasteiger partial charge in [-0.3, -0.25) is 0 Å². The summed E-state index contributed by atoms with van der Waals surface area (Å²) in [5, 5.41) is 0. The summed E-state index contributed by atoms with van der Waals surface area (Å²) in [5.74, 6) is 0.826. The van der Waals surface area contributed by atoms with Crippen LogP contribution in [0.2, 0.25) is 0 Å². The third-order valence-electron chi connectivity index (χ3n) is 2.58. The first-order chi connectivity index (χ1) is 8.16. The number of rotatable bonds is 4. The minimum Gasteiger partial charge on any atom is -0.486 e. The molecule has 0 amide bonds. The number of hydrogen-bond donors (Lipinski definition) is 1. The average Bonchev–Trinajstić information content (AvgIpc) is 2.29. The highest BCUT2D eigenvalue weighted by Crippen LogP contribution is 2.33. The summed E-state index contributed by atoms with van der Waals surface area (Å²) in [6.45, 7) is 0.970. The predicted molar refractivity (Wildman–Crippen MR) is 67.1 cm³/mol. The SMILES string of the molecule is NC(=S)CCCc1cc2c(cc1F)OCCO2. The monoisotopic (exact) mass is 255 g/mol. The number of nitrogens with two attached hydrogens (primary N) is 1. The van der Waals surface area contributed by atoms with Crippen LogP contribution in [0, 0.1) is 5.82 Å². The van der Waals surface area contributed by atoms with Crippen molar-refractivity contribution in [3.05, 3.63) is 23.5 Å². The summed E-state index contributed by atoms with van der Waals surface area (Å²) < 4.78 is 24.4. The zero-order valence-corrected chi connectivity index (χ0v) is 10.2. The number of benzene rings is 1. The molecule has 0 saturated heterocycles. The van der Waals surface area contributed by atoms with Gasteiger partial charge >= 0.3 is 0 Å². The molecule has 0 saturated carbocycles. The van der Waals surface area contributed by atoms with E-state index in [0.29, 0.717) is 48.1 Å². The lowest BCUT2D eigenvalue weighted by Crippen LogP contribution is -2.16. The Kier molecular flexibility index (Phi) is 3.78. The lowest BCUT2D eigenvalue weighted by atomic mass is 10.1. The highest BCUT2D eigenvalue weighted by molar-refractivity contribution is 7.80. The molecule has 2 N–H and O–H groups in total. The molecule has 92 valence electrons. The van der Waals surface area contributed by atoms with E-state index in [4.69, 9.17) is 27.4 Å². The molecule has 3 nitrogen and oxygen atoms in total. The first-order valence-electron chi connectivity index (χ1n) is 5.53. The number of halogens is 1. The van der Waals surface area contributed by atoms with Crippen LogP contribution in [0.25, 0.3) is 0 Å². The van der Waals surface area contributed by atoms with Crippen molar-refractivity contribution in [1.82, 2.24) is 0 Å². The molecule has 2 rings (SSSR count). The molecule has 1 aliphatic heterocycles. The second kappa shape index (κ2) is 5.31. The van der Waals surface area contributed by atoms with Gasteiger partial charge in [-0.25, -0.2) is 4.39 Å². The van der Waals surface area contributed by atoms with Crippen LogP contribution in [0.5, 0.6) is 11.5 Å². The zero-order valence-electron chi connectivity index (χ0n) is 9.37. The maximum absolute atomic E-state index is 13.7. The van der Waals surface area contributed by atoms with Crippen molar-refractivity contribution in [3.63, 3.8) is 0 Å². The van der Waals surface area contributed by atoms with E-state index in [1.807, 2.05) is 0 Å². The van der Waals surface area contributed by atoms with Crippen molar-refractivity contribution >= 4 is 17.2 Å². The van der Waals surface area contributed by atoms with Crippen LogP contribution in [-0.2, 0) is 6.42 Å². The van der Waals surface area contributed by atoms with Gasteiger partial charge in [-0.2, -0.15) is 0 Å². The van der Waals surface area contributed by atoms with Gasteiger partial charge in [-0.05, 0) is 30.9 Å². The van der Waals surface area contributed by atoms with Gasteiger partial charge in [0.25, 0.3) is 0 Å². The molecule has 0 radical (unpaired) electrons. The maximum Gasteiger partial charge on any atom is 0.164 e. The molecule has 0 aromatic heterocycles. The van der Waals surface area contributed by atoms with Gasteiger partial charge in [0.2, 0.25) is 0 Å². The van der Waals surface area contributed by atoms with E-state index in [0.717, 1.165) is 6.42 Å². The van der Waals surface area contributed by atoms with Gasteiger partial charge in [0, 0.05) is 6.07 Å². The van der Waals surface area contributed by atoms with Crippen LogP contribution < -0.4 is 15.2 Å². The van der Waals surface area contributed by atoms with Gasteiger partial charge in [-0.1, -0.05) is 12.2 Å². The molecule has 1 aliphatic rings. The third kappa shape index (κ3) is 3.06. The Bertz CT molecular complexity index is 437. The van der Waals surface area contributed by atoms with Crippen molar-refractivity contribution in [2.24, 2.45) is 5.73 Å². The Hall–Kier alpha value is -1.36. The molecular formula is C12H14FNO2S. The number of thiocarbonyl (C=S) groups is 1. The van der Waals surface area contributed by atoms with E-state index in [9.17, 15) is 4.39 Å². The molecule has 0 unspecified atom stereocenters. The smallest absolute Gasteiger partial charge is 0.164 e. The second-order valence-electron chi connectivity index (χ2n) is 3.91. The molecule has 0 atom stereocenters. The Labute approximate surface area is 105 Å². The topological polar surface area (TPSA) is 44.5 Å². The molecule has 0 aliphatic carbocycles. The standard InChI is InChI=1S/C12H14FNO2S/c13-9-7-11-10(15-4-5-16-11)6-8(9)2-1-3-12(14)17/h6-7H,1-5H2,(H2,14,17). The molecule has 0 fully saturated rings. The van der Waals surface area contributed by atoms with E-state index in [-0.39, 0.29) is 5.82 Å². The van der Waals surface area contributed by atoms with Crippen LogP contribution in [0.4, 0.5) is 4.39 Å². The fourth-order valence-electron chi connectivity index (χ4n) is 1.75. The summed E-state index contributed by atoms with van der Waals surface area (Å²) in [5.41, 5.74) is 6.01. The van der Waals surface area contributed by atoms with Crippen LogP contribution in [0.3, 0.4) is 0 Å². The van der Waals surface area contributed by atoms with Crippen LogP contribution >= 0.6 is 12.2 Å².